The molecular weight excluding hydrogens is 320 g/mol. The van der Waals surface area contributed by atoms with Crippen molar-refractivity contribution in [2.24, 2.45) is 0 Å². The highest BCUT2D eigenvalue weighted by molar-refractivity contribution is 7.89. The molecule has 1 fully saturated rings. The molecule has 0 atom stereocenters. The molecule has 0 radical (unpaired) electrons. The maximum Gasteiger partial charge on any atom is 0.254 e. The molecule has 0 saturated carbocycles. The van der Waals surface area contributed by atoms with Crippen LogP contribution >= 0.6 is 0 Å². The molecule has 1 aromatic rings. The number of nitrogens with one attached hydrogen (secondary N) is 1. The quantitative estimate of drug-likeness (QED) is 0.728. The molecule has 1 heterocycles. The van der Waals surface area contributed by atoms with Crippen molar-refractivity contribution in [2.75, 3.05) is 46.6 Å². The summed E-state index contributed by atoms with van der Waals surface area (Å²) < 4.78 is 36.8. The van der Waals surface area contributed by atoms with Gasteiger partial charge in [-0.2, -0.15) is 0 Å². The lowest BCUT2D eigenvalue weighted by atomic mass is 10.2. The Kier molecular flexibility index (Phi) is 6.52. The highest BCUT2D eigenvalue weighted by Gasteiger charge is 2.19. The Morgan fingerprint density at radius 2 is 1.91 bits per heavy atom. The van der Waals surface area contributed by atoms with E-state index in [0.29, 0.717) is 51.4 Å². The lowest BCUT2D eigenvalue weighted by molar-refractivity contribution is 0.0303. The number of amides is 1. The average Bonchev–Trinajstić information content (AvgIpc) is 2.59. The number of rotatable bonds is 7. The summed E-state index contributed by atoms with van der Waals surface area (Å²) in [5, 5.41) is 0. The van der Waals surface area contributed by atoms with E-state index in [4.69, 9.17) is 9.47 Å². The van der Waals surface area contributed by atoms with E-state index >= 15 is 0 Å². The number of ether oxygens (including phenoxy) is 2. The van der Waals surface area contributed by atoms with Crippen LogP contribution in [0.2, 0.25) is 0 Å². The van der Waals surface area contributed by atoms with Gasteiger partial charge < -0.3 is 14.4 Å². The van der Waals surface area contributed by atoms with Gasteiger partial charge in [-0.1, -0.05) is 0 Å². The zero-order chi connectivity index (χ0) is 16.7. The summed E-state index contributed by atoms with van der Waals surface area (Å²) in [5.41, 5.74) is 0.477. The number of hydrogen-bond acceptors (Lipinski definition) is 5. The highest BCUT2D eigenvalue weighted by Crippen LogP contribution is 2.13. The maximum absolute atomic E-state index is 12.3. The van der Waals surface area contributed by atoms with Gasteiger partial charge >= 0.3 is 0 Å². The Labute approximate surface area is 136 Å². The molecule has 0 aliphatic carbocycles. The topological polar surface area (TPSA) is 84.9 Å². The summed E-state index contributed by atoms with van der Waals surface area (Å²) in [5.74, 6) is -0.106. The molecule has 1 saturated heterocycles. The van der Waals surface area contributed by atoms with Gasteiger partial charge in [-0.3, -0.25) is 4.79 Å². The maximum atomic E-state index is 12.3. The molecule has 7 nitrogen and oxygen atoms in total. The Morgan fingerprint density at radius 3 is 2.52 bits per heavy atom. The van der Waals surface area contributed by atoms with E-state index in [2.05, 4.69) is 4.72 Å². The second-order valence-corrected chi connectivity index (χ2v) is 6.94. The Balaban J connectivity index is 1.99. The van der Waals surface area contributed by atoms with Crippen LogP contribution in [0.3, 0.4) is 0 Å². The zero-order valence-electron chi connectivity index (χ0n) is 13.2. The van der Waals surface area contributed by atoms with Gasteiger partial charge in [0.25, 0.3) is 5.91 Å². The Morgan fingerprint density at radius 1 is 1.26 bits per heavy atom. The molecule has 1 N–H and O–H groups in total. The molecule has 1 aromatic carbocycles. The van der Waals surface area contributed by atoms with Crippen LogP contribution in [0, 0.1) is 0 Å². The molecule has 0 bridgehead atoms. The molecule has 0 unspecified atom stereocenters. The van der Waals surface area contributed by atoms with E-state index in [0.717, 1.165) is 0 Å². The summed E-state index contributed by atoms with van der Waals surface area (Å²) in [7, 11) is -1.99. The van der Waals surface area contributed by atoms with Crippen LogP contribution in [-0.2, 0) is 19.5 Å². The van der Waals surface area contributed by atoms with Crippen LogP contribution in [0.5, 0.6) is 0 Å². The van der Waals surface area contributed by atoms with Crippen LogP contribution < -0.4 is 4.72 Å². The third-order valence-electron chi connectivity index (χ3n) is 3.53. The standard InChI is InChI=1S/C15H22N2O5S/c1-21-10-2-7-16-23(19,20)14-5-3-13(4-6-14)15(18)17-8-11-22-12-9-17/h3-6,16H,2,7-12H2,1H3. The number of hydrogen-bond donors (Lipinski definition) is 1. The number of carbonyl (C=O) groups is 1. The predicted molar refractivity (Wildman–Crippen MR) is 84.8 cm³/mol. The van der Waals surface area contributed by atoms with Crippen LogP contribution in [0.15, 0.2) is 29.2 Å². The van der Waals surface area contributed by atoms with Crippen molar-refractivity contribution in [3.8, 4) is 0 Å². The molecule has 1 amide bonds. The lowest BCUT2D eigenvalue weighted by Crippen LogP contribution is -2.40. The highest BCUT2D eigenvalue weighted by atomic mass is 32.2. The van der Waals surface area contributed by atoms with Crippen molar-refractivity contribution in [3.05, 3.63) is 29.8 Å². The number of morpholine rings is 1. The summed E-state index contributed by atoms with van der Waals surface area (Å²) in [6, 6.07) is 5.99. The van der Waals surface area contributed by atoms with Crippen molar-refractivity contribution >= 4 is 15.9 Å². The fraction of sp³-hybridized carbons (Fsp3) is 0.533. The summed E-state index contributed by atoms with van der Waals surface area (Å²) in [4.78, 5) is 14.1. The predicted octanol–water partition coefficient (Wildman–Crippen LogP) is 0.474. The first-order valence-electron chi connectivity index (χ1n) is 7.50. The first kappa shape index (κ1) is 17.9. The van der Waals surface area contributed by atoms with Crippen molar-refractivity contribution in [1.82, 2.24) is 9.62 Å². The number of carbonyl (C=O) groups excluding carboxylic acids is 1. The minimum absolute atomic E-state index is 0.106. The molecule has 23 heavy (non-hydrogen) atoms. The molecule has 0 spiro atoms. The lowest BCUT2D eigenvalue weighted by Gasteiger charge is -2.26. The van der Waals surface area contributed by atoms with E-state index < -0.39 is 10.0 Å². The fourth-order valence-electron chi connectivity index (χ4n) is 2.23. The number of sulfonamides is 1. The largest absolute Gasteiger partial charge is 0.385 e. The van der Waals surface area contributed by atoms with Gasteiger partial charge in [-0.25, -0.2) is 13.1 Å². The SMILES string of the molecule is COCCCNS(=O)(=O)c1ccc(C(=O)N2CCOCC2)cc1. The van der Waals surface area contributed by atoms with Gasteiger partial charge in [0.2, 0.25) is 10.0 Å². The Hall–Kier alpha value is -1.48. The second-order valence-electron chi connectivity index (χ2n) is 5.17. The van der Waals surface area contributed by atoms with Gasteiger partial charge in [0.05, 0.1) is 18.1 Å². The van der Waals surface area contributed by atoms with Crippen molar-refractivity contribution < 1.29 is 22.7 Å². The fourth-order valence-corrected chi connectivity index (χ4v) is 3.31. The van der Waals surface area contributed by atoms with Gasteiger partial charge in [-0.05, 0) is 30.7 Å². The van der Waals surface area contributed by atoms with Gasteiger partial charge in [0, 0.05) is 38.9 Å². The average molecular weight is 342 g/mol. The molecule has 1 aliphatic rings. The molecule has 2 rings (SSSR count). The van der Waals surface area contributed by atoms with Crippen LogP contribution in [0.1, 0.15) is 16.8 Å². The van der Waals surface area contributed by atoms with E-state index in [-0.39, 0.29) is 10.8 Å². The third kappa shape index (κ3) is 5.00. The van der Waals surface area contributed by atoms with Crippen molar-refractivity contribution in [3.63, 3.8) is 0 Å². The van der Waals surface area contributed by atoms with E-state index in [1.54, 1.807) is 24.1 Å². The molecule has 128 valence electrons. The summed E-state index contributed by atoms with van der Waals surface area (Å²) in [6.45, 7) is 2.98. The first-order chi connectivity index (χ1) is 11.0. The second kappa shape index (κ2) is 8.39. The summed E-state index contributed by atoms with van der Waals surface area (Å²) in [6.07, 6.45) is 0.601. The number of benzene rings is 1. The van der Waals surface area contributed by atoms with Gasteiger partial charge in [0.1, 0.15) is 0 Å². The van der Waals surface area contributed by atoms with Gasteiger partial charge in [-0.15, -0.1) is 0 Å². The van der Waals surface area contributed by atoms with E-state index in [9.17, 15) is 13.2 Å². The minimum atomic E-state index is -3.56. The number of methoxy groups -OCH3 is 1. The molecule has 8 heteroatoms. The van der Waals surface area contributed by atoms with E-state index in [1.807, 2.05) is 0 Å². The van der Waals surface area contributed by atoms with Crippen molar-refractivity contribution in [2.45, 2.75) is 11.3 Å². The third-order valence-corrected chi connectivity index (χ3v) is 5.00. The molecule has 1 aliphatic heterocycles. The first-order valence-corrected chi connectivity index (χ1v) is 8.98. The monoisotopic (exact) mass is 342 g/mol. The zero-order valence-corrected chi connectivity index (χ0v) is 14.0. The normalized spacial score (nSPS) is 15.6. The summed E-state index contributed by atoms with van der Waals surface area (Å²) >= 11 is 0. The van der Waals surface area contributed by atoms with Gasteiger partial charge in [0.15, 0.2) is 0 Å². The smallest absolute Gasteiger partial charge is 0.254 e. The van der Waals surface area contributed by atoms with E-state index in [1.165, 1.54) is 12.1 Å². The van der Waals surface area contributed by atoms with Crippen molar-refractivity contribution in [1.29, 1.82) is 0 Å². The van der Waals surface area contributed by atoms with Crippen LogP contribution in [0.25, 0.3) is 0 Å². The van der Waals surface area contributed by atoms with Crippen LogP contribution in [-0.4, -0.2) is 65.8 Å². The molecule has 0 aromatic heterocycles. The molecular formula is C15H22N2O5S. The Bertz CT molecular complexity index is 609. The number of nitrogens with zero attached hydrogens (tertiary/aromatic N) is 1. The minimum Gasteiger partial charge on any atom is -0.385 e. The van der Waals surface area contributed by atoms with Crippen LogP contribution in [0.4, 0.5) is 0 Å².